The molecule has 0 unspecified atom stereocenters. The molecule has 0 spiro atoms. The maximum Gasteiger partial charge on any atom is 0.311 e. The third kappa shape index (κ3) is 3.39. The van der Waals surface area contributed by atoms with Crippen LogP contribution in [0.1, 0.15) is 23.1 Å². The van der Waals surface area contributed by atoms with Crippen molar-refractivity contribution in [1.29, 1.82) is 0 Å². The van der Waals surface area contributed by atoms with Gasteiger partial charge in [0.2, 0.25) is 0 Å². The van der Waals surface area contributed by atoms with Crippen LogP contribution in [-0.4, -0.2) is 32.0 Å². The number of carbonyl (C=O) groups is 1. The molecular weight excluding hydrogens is 326 g/mol. The van der Waals surface area contributed by atoms with Gasteiger partial charge in [0, 0.05) is 11.6 Å². The van der Waals surface area contributed by atoms with E-state index in [1.807, 2.05) is 0 Å². The van der Waals surface area contributed by atoms with Gasteiger partial charge in [0.15, 0.2) is 11.4 Å². The number of hydrogen-bond donors (Lipinski definition) is 1. The molecule has 0 radical (unpaired) electrons. The van der Waals surface area contributed by atoms with Gasteiger partial charge in [-0.15, -0.1) is 0 Å². The summed E-state index contributed by atoms with van der Waals surface area (Å²) >= 11 is 0. The summed E-state index contributed by atoms with van der Waals surface area (Å²) in [6.45, 7) is 3.79. The lowest BCUT2D eigenvalue weighted by atomic mass is 10.1. The number of fused-ring (bicyclic) bond motifs is 1. The molecule has 0 aliphatic carbocycles. The summed E-state index contributed by atoms with van der Waals surface area (Å²) < 4.78 is 6.76. The van der Waals surface area contributed by atoms with Crippen molar-refractivity contribution in [2.45, 2.75) is 13.8 Å². The Morgan fingerprint density at radius 1 is 1.36 bits per heavy atom. The monoisotopic (exact) mass is 341 g/mol. The highest BCUT2D eigenvalue weighted by Gasteiger charge is 2.18. The topological polar surface area (TPSA) is 112 Å². The molecule has 1 N–H and O–H groups in total. The molecule has 3 rings (SSSR count). The second kappa shape index (κ2) is 6.56. The third-order valence-corrected chi connectivity index (χ3v) is 3.41. The van der Waals surface area contributed by atoms with E-state index in [2.05, 4.69) is 15.4 Å². The van der Waals surface area contributed by atoms with Crippen molar-refractivity contribution >= 4 is 22.9 Å². The summed E-state index contributed by atoms with van der Waals surface area (Å²) in [5, 5.41) is 18.0. The first kappa shape index (κ1) is 16.4. The average molecular weight is 341 g/mol. The van der Waals surface area contributed by atoms with E-state index < -0.39 is 10.8 Å². The molecule has 2 aromatic heterocycles. The van der Waals surface area contributed by atoms with Crippen molar-refractivity contribution in [3.8, 4) is 5.75 Å². The Kier molecular flexibility index (Phi) is 4.29. The minimum absolute atomic E-state index is 0.128. The fourth-order valence-electron chi connectivity index (χ4n) is 2.35. The average Bonchev–Trinajstić information content (AvgIpc) is 2.94. The molecule has 0 saturated heterocycles. The van der Waals surface area contributed by atoms with Crippen LogP contribution in [0.25, 0.3) is 5.65 Å². The van der Waals surface area contributed by atoms with Crippen LogP contribution in [0.5, 0.6) is 5.75 Å². The first-order valence-electron chi connectivity index (χ1n) is 7.53. The first-order valence-corrected chi connectivity index (χ1v) is 7.53. The van der Waals surface area contributed by atoms with Crippen LogP contribution in [0.2, 0.25) is 0 Å². The second-order valence-corrected chi connectivity index (χ2v) is 5.21. The SMILES string of the molecule is CCOc1ccc(C(=O)Nc2ccc3nc(C)nn3c2)cc1[N+](=O)[O-]. The lowest BCUT2D eigenvalue weighted by molar-refractivity contribution is -0.385. The Morgan fingerprint density at radius 2 is 2.16 bits per heavy atom. The molecule has 0 aliphatic heterocycles. The molecule has 0 saturated carbocycles. The normalized spacial score (nSPS) is 10.6. The summed E-state index contributed by atoms with van der Waals surface area (Å²) in [6.07, 6.45) is 1.62. The van der Waals surface area contributed by atoms with Crippen LogP contribution < -0.4 is 10.1 Å². The van der Waals surface area contributed by atoms with Crippen LogP contribution in [0.3, 0.4) is 0 Å². The highest BCUT2D eigenvalue weighted by Crippen LogP contribution is 2.28. The number of rotatable bonds is 5. The van der Waals surface area contributed by atoms with E-state index in [1.54, 1.807) is 36.7 Å². The Hall–Kier alpha value is -3.49. The van der Waals surface area contributed by atoms with Crippen LogP contribution in [-0.2, 0) is 0 Å². The van der Waals surface area contributed by atoms with Gasteiger partial charge in [0.25, 0.3) is 5.91 Å². The van der Waals surface area contributed by atoms with Crippen molar-refractivity contribution in [1.82, 2.24) is 14.6 Å². The summed E-state index contributed by atoms with van der Waals surface area (Å²) in [4.78, 5) is 27.2. The van der Waals surface area contributed by atoms with Crippen molar-refractivity contribution in [3.63, 3.8) is 0 Å². The number of pyridine rings is 1. The summed E-state index contributed by atoms with van der Waals surface area (Å²) in [7, 11) is 0. The lowest BCUT2D eigenvalue weighted by Crippen LogP contribution is -2.13. The molecule has 9 heteroatoms. The molecule has 128 valence electrons. The third-order valence-electron chi connectivity index (χ3n) is 3.41. The number of nitro benzene ring substituents is 1. The molecule has 0 bridgehead atoms. The van der Waals surface area contributed by atoms with Gasteiger partial charge in [-0.2, -0.15) is 5.10 Å². The van der Waals surface area contributed by atoms with Gasteiger partial charge in [0.1, 0.15) is 5.82 Å². The Bertz CT molecular complexity index is 966. The van der Waals surface area contributed by atoms with Crippen molar-refractivity contribution in [2.75, 3.05) is 11.9 Å². The maximum atomic E-state index is 12.4. The number of aryl methyl sites for hydroxylation is 1. The molecule has 25 heavy (non-hydrogen) atoms. The predicted molar refractivity (Wildman–Crippen MR) is 89.9 cm³/mol. The van der Waals surface area contributed by atoms with Crippen molar-refractivity contribution < 1.29 is 14.5 Å². The van der Waals surface area contributed by atoms with Gasteiger partial charge in [-0.3, -0.25) is 14.9 Å². The summed E-state index contributed by atoms with van der Waals surface area (Å²) in [6, 6.07) is 7.49. The smallest absolute Gasteiger partial charge is 0.311 e. The molecule has 0 fully saturated rings. The number of benzene rings is 1. The Labute approximate surface area is 142 Å². The largest absolute Gasteiger partial charge is 0.487 e. The number of hydrogen-bond acceptors (Lipinski definition) is 6. The number of nitrogens with zero attached hydrogens (tertiary/aromatic N) is 4. The highest BCUT2D eigenvalue weighted by molar-refractivity contribution is 6.04. The Balaban J connectivity index is 1.86. The van der Waals surface area contributed by atoms with E-state index in [0.29, 0.717) is 23.8 Å². The fourth-order valence-corrected chi connectivity index (χ4v) is 2.35. The fraction of sp³-hybridized carbons (Fsp3) is 0.188. The van der Waals surface area contributed by atoms with Gasteiger partial charge in [-0.05, 0) is 38.1 Å². The molecule has 9 nitrogen and oxygen atoms in total. The van der Waals surface area contributed by atoms with Gasteiger partial charge in [-0.1, -0.05) is 0 Å². The Morgan fingerprint density at radius 3 is 2.88 bits per heavy atom. The van der Waals surface area contributed by atoms with E-state index in [9.17, 15) is 14.9 Å². The van der Waals surface area contributed by atoms with Crippen molar-refractivity contribution in [3.05, 3.63) is 58.0 Å². The minimum atomic E-state index is -0.577. The molecule has 0 atom stereocenters. The zero-order valence-corrected chi connectivity index (χ0v) is 13.6. The van der Waals surface area contributed by atoms with Gasteiger partial charge < -0.3 is 10.1 Å². The molecule has 0 aliphatic rings. The van der Waals surface area contributed by atoms with Gasteiger partial charge >= 0.3 is 5.69 Å². The maximum absolute atomic E-state index is 12.4. The molecule has 3 aromatic rings. The van der Waals surface area contributed by atoms with Crippen LogP contribution in [0, 0.1) is 17.0 Å². The molecule has 2 heterocycles. The number of anilines is 1. The summed E-state index contributed by atoms with van der Waals surface area (Å²) in [5.74, 6) is 0.275. The first-order chi connectivity index (χ1) is 12.0. The second-order valence-electron chi connectivity index (χ2n) is 5.21. The molecule has 1 aromatic carbocycles. The van der Waals surface area contributed by atoms with Crippen molar-refractivity contribution in [2.24, 2.45) is 0 Å². The standard InChI is InChI=1S/C16H15N5O4/c1-3-25-14-6-4-11(8-13(14)21(23)24)16(22)18-12-5-7-15-17-10(2)19-20(15)9-12/h4-9H,3H2,1-2H3,(H,18,22). The van der Waals surface area contributed by atoms with Gasteiger partial charge in [-0.25, -0.2) is 9.50 Å². The lowest BCUT2D eigenvalue weighted by Gasteiger charge is -2.08. The number of nitrogens with one attached hydrogen (secondary N) is 1. The number of aromatic nitrogens is 3. The van der Waals surface area contributed by atoms with E-state index in [4.69, 9.17) is 4.74 Å². The number of ether oxygens (including phenoxy) is 1. The number of amides is 1. The summed E-state index contributed by atoms with van der Waals surface area (Å²) in [5.41, 5.74) is 1.06. The van der Waals surface area contributed by atoms with E-state index in [-0.39, 0.29) is 17.0 Å². The molecule has 1 amide bonds. The van der Waals surface area contributed by atoms with Gasteiger partial charge in [0.05, 0.1) is 23.4 Å². The zero-order chi connectivity index (χ0) is 18.0. The number of nitro groups is 1. The van der Waals surface area contributed by atoms with E-state index >= 15 is 0 Å². The predicted octanol–water partition coefficient (Wildman–Crippen LogP) is 2.60. The minimum Gasteiger partial charge on any atom is -0.487 e. The quantitative estimate of drug-likeness (QED) is 0.564. The highest BCUT2D eigenvalue weighted by atomic mass is 16.6. The van der Waals surface area contributed by atoms with Crippen LogP contribution in [0.15, 0.2) is 36.5 Å². The van der Waals surface area contributed by atoms with E-state index in [1.165, 1.54) is 18.2 Å². The zero-order valence-electron chi connectivity index (χ0n) is 13.6. The van der Waals surface area contributed by atoms with Crippen LogP contribution >= 0.6 is 0 Å². The van der Waals surface area contributed by atoms with E-state index in [0.717, 1.165) is 0 Å². The van der Waals surface area contributed by atoms with Crippen LogP contribution in [0.4, 0.5) is 11.4 Å². The number of carbonyl (C=O) groups excluding carboxylic acids is 1. The molecular formula is C16H15N5O4.